The molecule has 2 heteroatoms. The number of likely N-dealkylation sites (N-methyl/N-ethyl adjacent to an activating group) is 2. The quantitative estimate of drug-likeness (QED) is 0.635. The van der Waals surface area contributed by atoms with Gasteiger partial charge in [0.1, 0.15) is 0 Å². The van der Waals surface area contributed by atoms with E-state index >= 15 is 0 Å². The van der Waals surface area contributed by atoms with Gasteiger partial charge in [-0.2, -0.15) is 0 Å². The predicted molar refractivity (Wildman–Crippen MR) is 53.3 cm³/mol. The van der Waals surface area contributed by atoms with Crippen LogP contribution in [-0.4, -0.2) is 37.6 Å². The molecule has 0 aromatic rings. The number of nitrogens with zero attached hydrogens (tertiary/aromatic N) is 1. The number of likely N-dealkylation sites (tertiary alicyclic amines) is 1. The second kappa shape index (κ2) is 4.63. The molecule has 0 radical (unpaired) electrons. The van der Waals surface area contributed by atoms with Crippen molar-refractivity contribution in [3.8, 4) is 0 Å². The molecule has 12 heavy (non-hydrogen) atoms. The molecule has 1 N–H and O–H groups in total. The SMILES string of the molecule is C=C(CNC)C1CCCN1CC. The number of hydrogen-bond donors (Lipinski definition) is 1. The highest BCUT2D eigenvalue weighted by molar-refractivity contribution is 5.09. The minimum atomic E-state index is 0.641. The first-order chi connectivity index (χ1) is 5.79. The van der Waals surface area contributed by atoms with Crippen LogP contribution in [0.2, 0.25) is 0 Å². The Morgan fingerprint density at radius 2 is 2.42 bits per heavy atom. The summed E-state index contributed by atoms with van der Waals surface area (Å²) in [5.41, 5.74) is 1.34. The molecule has 0 aromatic carbocycles. The van der Waals surface area contributed by atoms with Gasteiger partial charge >= 0.3 is 0 Å². The van der Waals surface area contributed by atoms with Crippen LogP contribution in [0.1, 0.15) is 19.8 Å². The summed E-state index contributed by atoms with van der Waals surface area (Å²) in [6.45, 7) is 9.72. The van der Waals surface area contributed by atoms with Crippen LogP contribution in [0.25, 0.3) is 0 Å². The molecule has 1 heterocycles. The van der Waals surface area contributed by atoms with Crippen molar-refractivity contribution in [1.82, 2.24) is 10.2 Å². The minimum Gasteiger partial charge on any atom is -0.316 e. The summed E-state index contributed by atoms with van der Waals surface area (Å²) in [5, 5.41) is 3.16. The molecule has 1 atom stereocenters. The van der Waals surface area contributed by atoms with Gasteiger partial charge in [-0.25, -0.2) is 0 Å². The maximum absolute atomic E-state index is 4.12. The van der Waals surface area contributed by atoms with Crippen LogP contribution in [0, 0.1) is 0 Å². The lowest BCUT2D eigenvalue weighted by Crippen LogP contribution is -2.33. The average Bonchev–Trinajstić information content (AvgIpc) is 2.51. The van der Waals surface area contributed by atoms with Gasteiger partial charge in [0, 0.05) is 12.6 Å². The molecule has 1 aliphatic heterocycles. The van der Waals surface area contributed by atoms with Crippen LogP contribution in [0.5, 0.6) is 0 Å². The highest BCUT2D eigenvalue weighted by Gasteiger charge is 2.24. The van der Waals surface area contributed by atoms with Gasteiger partial charge in [-0.15, -0.1) is 0 Å². The maximum atomic E-state index is 4.12. The van der Waals surface area contributed by atoms with E-state index in [0.717, 1.165) is 13.1 Å². The van der Waals surface area contributed by atoms with Crippen molar-refractivity contribution in [1.29, 1.82) is 0 Å². The van der Waals surface area contributed by atoms with E-state index in [0.29, 0.717) is 6.04 Å². The highest BCUT2D eigenvalue weighted by Crippen LogP contribution is 2.21. The lowest BCUT2D eigenvalue weighted by atomic mass is 10.1. The van der Waals surface area contributed by atoms with E-state index in [1.54, 1.807) is 0 Å². The zero-order valence-corrected chi connectivity index (χ0v) is 8.27. The van der Waals surface area contributed by atoms with Crippen LogP contribution in [0.15, 0.2) is 12.2 Å². The molecule has 1 fully saturated rings. The summed E-state index contributed by atoms with van der Waals surface area (Å²) in [7, 11) is 1.98. The molecule has 1 rings (SSSR count). The Labute approximate surface area is 75.6 Å². The van der Waals surface area contributed by atoms with Crippen LogP contribution in [0.3, 0.4) is 0 Å². The first-order valence-corrected chi connectivity index (χ1v) is 4.86. The van der Waals surface area contributed by atoms with Gasteiger partial charge in [0.2, 0.25) is 0 Å². The van der Waals surface area contributed by atoms with Crippen molar-refractivity contribution >= 4 is 0 Å². The van der Waals surface area contributed by atoms with E-state index < -0.39 is 0 Å². The molecule has 0 aliphatic carbocycles. The average molecular weight is 168 g/mol. The Morgan fingerprint density at radius 3 is 3.00 bits per heavy atom. The Hall–Kier alpha value is -0.340. The van der Waals surface area contributed by atoms with Gasteiger partial charge in [-0.05, 0) is 38.6 Å². The van der Waals surface area contributed by atoms with Crippen molar-refractivity contribution in [3.63, 3.8) is 0 Å². The topological polar surface area (TPSA) is 15.3 Å². The van der Waals surface area contributed by atoms with Gasteiger partial charge in [-0.1, -0.05) is 13.5 Å². The highest BCUT2D eigenvalue weighted by atomic mass is 15.2. The van der Waals surface area contributed by atoms with Gasteiger partial charge in [0.25, 0.3) is 0 Å². The molecular formula is C10H20N2. The Morgan fingerprint density at radius 1 is 1.67 bits per heavy atom. The zero-order chi connectivity index (χ0) is 8.97. The van der Waals surface area contributed by atoms with Crippen LogP contribution in [-0.2, 0) is 0 Å². The molecule has 1 saturated heterocycles. The second-order valence-electron chi connectivity index (χ2n) is 3.48. The molecule has 0 bridgehead atoms. The smallest absolute Gasteiger partial charge is 0.0317 e. The normalized spacial score (nSPS) is 24.7. The Bertz CT molecular complexity index is 154. The van der Waals surface area contributed by atoms with Crippen molar-refractivity contribution in [3.05, 3.63) is 12.2 Å². The van der Waals surface area contributed by atoms with Crippen molar-refractivity contribution < 1.29 is 0 Å². The molecule has 2 nitrogen and oxygen atoms in total. The van der Waals surface area contributed by atoms with E-state index in [1.807, 2.05) is 7.05 Å². The first kappa shape index (κ1) is 9.75. The third-order valence-electron chi connectivity index (χ3n) is 2.64. The molecule has 0 saturated carbocycles. The predicted octanol–water partition coefficient (Wildman–Crippen LogP) is 1.25. The van der Waals surface area contributed by atoms with Crippen molar-refractivity contribution in [2.24, 2.45) is 0 Å². The first-order valence-electron chi connectivity index (χ1n) is 4.86. The number of nitrogens with one attached hydrogen (secondary N) is 1. The third-order valence-corrected chi connectivity index (χ3v) is 2.64. The van der Waals surface area contributed by atoms with Crippen molar-refractivity contribution in [2.45, 2.75) is 25.8 Å². The lowest BCUT2D eigenvalue weighted by Gasteiger charge is -2.24. The summed E-state index contributed by atoms with van der Waals surface area (Å²) in [4.78, 5) is 2.51. The molecule has 70 valence electrons. The summed E-state index contributed by atoms with van der Waals surface area (Å²) in [6.07, 6.45) is 2.63. The molecule has 0 amide bonds. The van der Waals surface area contributed by atoms with Crippen LogP contribution < -0.4 is 5.32 Å². The molecular weight excluding hydrogens is 148 g/mol. The Kier molecular flexibility index (Phi) is 3.76. The molecule has 1 unspecified atom stereocenters. The minimum absolute atomic E-state index is 0.641. The van der Waals surface area contributed by atoms with Crippen molar-refractivity contribution in [2.75, 3.05) is 26.7 Å². The van der Waals surface area contributed by atoms with E-state index in [9.17, 15) is 0 Å². The standard InChI is InChI=1S/C10H20N2/c1-4-12-7-5-6-10(12)9(2)8-11-3/h10-11H,2,4-8H2,1,3H3. The molecule has 0 aromatic heterocycles. The summed E-state index contributed by atoms with van der Waals surface area (Å²) < 4.78 is 0. The number of rotatable bonds is 4. The summed E-state index contributed by atoms with van der Waals surface area (Å²) >= 11 is 0. The van der Waals surface area contributed by atoms with Gasteiger partial charge < -0.3 is 5.32 Å². The Balaban J connectivity index is 2.43. The van der Waals surface area contributed by atoms with Gasteiger partial charge in [-0.3, -0.25) is 4.90 Å². The fourth-order valence-electron chi connectivity index (χ4n) is 2.01. The van der Waals surface area contributed by atoms with E-state index in [2.05, 4.69) is 23.7 Å². The lowest BCUT2D eigenvalue weighted by molar-refractivity contribution is 0.293. The molecule has 0 spiro atoms. The summed E-state index contributed by atoms with van der Waals surface area (Å²) in [6, 6.07) is 0.641. The zero-order valence-electron chi connectivity index (χ0n) is 8.27. The van der Waals surface area contributed by atoms with E-state index in [-0.39, 0.29) is 0 Å². The van der Waals surface area contributed by atoms with Gasteiger partial charge in [0.15, 0.2) is 0 Å². The van der Waals surface area contributed by atoms with Crippen LogP contribution in [0.4, 0.5) is 0 Å². The second-order valence-corrected chi connectivity index (χ2v) is 3.48. The fraction of sp³-hybridized carbons (Fsp3) is 0.800. The van der Waals surface area contributed by atoms with E-state index in [1.165, 1.54) is 25.0 Å². The fourth-order valence-corrected chi connectivity index (χ4v) is 2.01. The largest absolute Gasteiger partial charge is 0.316 e. The third kappa shape index (κ3) is 2.08. The number of hydrogen-bond acceptors (Lipinski definition) is 2. The monoisotopic (exact) mass is 168 g/mol. The summed E-state index contributed by atoms with van der Waals surface area (Å²) in [5.74, 6) is 0. The molecule has 1 aliphatic rings. The van der Waals surface area contributed by atoms with E-state index in [4.69, 9.17) is 0 Å². The van der Waals surface area contributed by atoms with Crippen LogP contribution >= 0.6 is 0 Å². The van der Waals surface area contributed by atoms with Gasteiger partial charge in [0.05, 0.1) is 0 Å². The maximum Gasteiger partial charge on any atom is 0.0317 e.